The van der Waals surface area contributed by atoms with Crippen LogP contribution in [0.4, 0.5) is 11.6 Å². The lowest BCUT2D eigenvalue weighted by Crippen LogP contribution is -2.43. The van der Waals surface area contributed by atoms with Gasteiger partial charge in [0.2, 0.25) is 0 Å². The average Bonchev–Trinajstić information content (AvgIpc) is 2.86. The first-order chi connectivity index (χ1) is 10.7. The topological polar surface area (TPSA) is 82.7 Å². The summed E-state index contributed by atoms with van der Waals surface area (Å²) in [4.78, 5) is 10.6. The maximum Gasteiger partial charge on any atom is 0.161 e. The van der Waals surface area contributed by atoms with Crippen molar-refractivity contribution < 1.29 is 0 Å². The summed E-state index contributed by atoms with van der Waals surface area (Å²) in [5, 5.41) is 16.7. The first kappa shape index (κ1) is 14.3. The Hall–Kier alpha value is -2.62. The van der Waals surface area contributed by atoms with E-state index in [9.17, 15) is 0 Å². The number of hydrogen-bond acceptors (Lipinski definition) is 6. The van der Waals surface area contributed by atoms with Gasteiger partial charge < -0.3 is 10.2 Å². The Morgan fingerprint density at radius 1 is 1.41 bits per heavy atom. The molecular weight excluding hydrogens is 278 g/mol. The third-order valence-electron chi connectivity index (χ3n) is 3.82. The Morgan fingerprint density at radius 3 is 3.00 bits per heavy atom. The summed E-state index contributed by atoms with van der Waals surface area (Å²) >= 11 is 0. The summed E-state index contributed by atoms with van der Waals surface area (Å²) in [6.45, 7) is 3.92. The van der Waals surface area contributed by atoms with Crippen LogP contribution in [0.25, 0.3) is 0 Å². The van der Waals surface area contributed by atoms with Crippen molar-refractivity contribution in [1.82, 2.24) is 19.7 Å². The molecule has 0 saturated carbocycles. The van der Waals surface area contributed by atoms with E-state index in [0.717, 1.165) is 37.4 Å². The van der Waals surface area contributed by atoms with E-state index in [1.54, 1.807) is 6.20 Å². The molecule has 0 bridgehead atoms. The third kappa shape index (κ3) is 3.01. The molecule has 0 radical (unpaired) electrons. The maximum absolute atomic E-state index is 8.89. The molecule has 0 unspecified atom stereocenters. The van der Waals surface area contributed by atoms with Crippen LogP contribution in [0.2, 0.25) is 0 Å². The Kier molecular flexibility index (Phi) is 3.92. The molecule has 1 atom stereocenters. The minimum Gasteiger partial charge on any atom is -0.364 e. The fourth-order valence-corrected chi connectivity index (χ4v) is 2.89. The van der Waals surface area contributed by atoms with Crippen LogP contribution in [0.1, 0.15) is 24.2 Å². The number of nitrogens with zero attached hydrogens (tertiary/aromatic N) is 6. The molecule has 0 amide bonds. The largest absolute Gasteiger partial charge is 0.364 e. The van der Waals surface area contributed by atoms with Gasteiger partial charge in [0.25, 0.3) is 0 Å². The first-order valence-corrected chi connectivity index (χ1v) is 7.40. The molecule has 114 valence electrons. The summed E-state index contributed by atoms with van der Waals surface area (Å²) in [5.74, 6) is 1.80. The molecule has 2 aromatic heterocycles. The molecule has 22 heavy (non-hydrogen) atoms. The van der Waals surface area contributed by atoms with E-state index in [1.807, 2.05) is 24.7 Å². The zero-order valence-electron chi connectivity index (χ0n) is 12.8. The van der Waals surface area contributed by atoms with Gasteiger partial charge in [-0.1, -0.05) is 0 Å². The van der Waals surface area contributed by atoms with Gasteiger partial charge in [0, 0.05) is 32.2 Å². The van der Waals surface area contributed by atoms with E-state index in [0.29, 0.717) is 11.5 Å². The first-order valence-electron chi connectivity index (χ1n) is 7.40. The number of aromatic nitrogens is 4. The minimum absolute atomic E-state index is 0.284. The smallest absolute Gasteiger partial charge is 0.161 e. The number of hydrogen-bond donors (Lipinski definition) is 1. The van der Waals surface area contributed by atoms with Gasteiger partial charge in [-0.15, -0.1) is 0 Å². The molecule has 1 saturated heterocycles. The van der Waals surface area contributed by atoms with E-state index < -0.39 is 0 Å². The summed E-state index contributed by atoms with van der Waals surface area (Å²) in [6.07, 6.45) is 5.31. The maximum atomic E-state index is 8.89. The summed E-state index contributed by atoms with van der Waals surface area (Å²) in [7, 11) is 1.97. The number of aryl methyl sites for hydroxylation is 2. The van der Waals surface area contributed by atoms with Gasteiger partial charge in [0.05, 0.1) is 18.1 Å². The van der Waals surface area contributed by atoms with Gasteiger partial charge in [-0.2, -0.15) is 10.4 Å². The van der Waals surface area contributed by atoms with E-state index in [2.05, 4.69) is 31.3 Å². The third-order valence-corrected chi connectivity index (χ3v) is 3.82. The van der Waals surface area contributed by atoms with E-state index in [1.165, 1.54) is 6.20 Å². The van der Waals surface area contributed by atoms with Crippen LogP contribution >= 0.6 is 0 Å². The van der Waals surface area contributed by atoms with Gasteiger partial charge in [-0.05, 0) is 19.8 Å². The second-order valence-corrected chi connectivity index (χ2v) is 5.60. The number of nitriles is 1. The zero-order chi connectivity index (χ0) is 15.5. The van der Waals surface area contributed by atoms with Crippen LogP contribution in [0.3, 0.4) is 0 Å². The van der Waals surface area contributed by atoms with Crippen molar-refractivity contribution in [3.63, 3.8) is 0 Å². The van der Waals surface area contributed by atoms with Gasteiger partial charge in [0.15, 0.2) is 5.69 Å². The Bertz CT molecular complexity index is 700. The molecule has 1 fully saturated rings. The molecule has 3 heterocycles. The van der Waals surface area contributed by atoms with Crippen molar-refractivity contribution in [3.05, 3.63) is 29.8 Å². The van der Waals surface area contributed by atoms with Crippen molar-refractivity contribution in [1.29, 1.82) is 5.26 Å². The highest BCUT2D eigenvalue weighted by molar-refractivity contribution is 5.43. The van der Waals surface area contributed by atoms with Crippen molar-refractivity contribution in [2.45, 2.75) is 25.8 Å². The predicted molar refractivity (Wildman–Crippen MR) is 83.5 cm³/mol. The fraction of sp³-hybridized carbons (Fsp3) is 0.467. The van der Waals surface area contributed by atoms with Gasteiger partial charge in [-0.3, -0.25) is 9.67 Å². The van der Waals surface area contributed by atoms with Gasteiger partial charge >= 0.3 is 0 Å². The zero-order valence-corrected chi connectivity index (χ0v) is 12.8. The summed E-state index contributed by atoms with van der Waals surface area (Å²) in [6, 6.07) is 4.41. The second-order valence-electron chi connectivity index (χ2n) is 5.60. The Labute approximate surface area is 129 Å². The van der Waals surface area contributed by atoms with Crippen molar-refractivity contribution in [2.75, 3.05) is 23.3 Å². The molecule has 0 spiro atoms. The summed E-state index contributed by atoms with van der Waals surface area (Å²) < 4.78 is 1.92. The molecule has 2 aromatic rings. The lowest BCUT2D eigenvalue weighted by molar-refractivity contribution is 0.517. The van der Waals surface area contributed by atoms with Crippen LogP contribution in [0.15, 0.2) is 18.5 Å². The minimum atomic E-state index is 0.284. The number of rotatable bonds is 3. The highest BCUT2D eigenvalue weighted by Gasteiger charge is 2.22. The fourth-order valence-electron chi connectivity index (χ4n) is 2.89. The van der Waals surface area contributed by atoms with Crippen molar-refractivity contribution >= 4 is 11.6 Å². The molecule has 1 aliphatic heterocycles. The lowest BCUT2D eigenvalue weighted by Gasteiger charge is -2.34. The van der Waals surface area contributed by atoms with Crippen LogP contribution in [0.5, 0.6) is 0 Å². The quantitative estimate of drug-likeness (QED) is 0.923. The molecule has 7 nitrogen and oxygen atoms in total. The molecule has 0 aliphatic carbocycles. The Balaban J connectivity index is 1.70. The highest BCUT2D eigenvalue weighted by atomic mass is 15.4. The van der Waals surface area contributed by atoms with E-state index in [-0.39, 0.29) is 6.04 Å². The number of piperidine rings is 1. The van der Waals surface area contributed by atoms with E-state index >= 15 is 0 Å². The van der Waals surface area contributed by atoms with Crippen molar-refractivity contribution in [2.24, 2.45) is 7.05 Å². The van der Waals surface area contributed by atoms with Gasteiger partial charge in [-0.25, -0.2) is 4.98 Å². The lowest BCUT2D eigenvalue weighted by atomic mass is 10.1. The molecule has 3 rings (SSSR count). The number of anilines is 2. The SMILES string of the molecule is Cc1cc(N2CCC[C@@H](Nc3cncc(C#N)n3)C2)n(C)n1. The molecule has 1 aliphatic rings. The summed E-state index contributed by atoms with van der Waals surface area (Å²) in [5.41, 5.74) is 1.36. The Morgan fingerprint density at radius 2 is 2.27 bits per heavy atom. The normalized spacial score (nSPS) is 18.0. The van der Waals surface area contributed by atoms with Crippen LogP contribution in [0, 0.1) is 18.3 Å². The molecule has 7 heteroatoms. The highest BCUT2D eigenvalue weighted by Crippen LogP contribution is 2.21. The van der Waals surface area contributed by atoms with Crippen molar-refractivity contribution in [3.8, 4) is 6.07 Å². The average molecular weight is 297 g/mol. The monoisotopic (exact) mass is 297 g/mol. The molecular formula is C15H19N7. The van der Waals surface area contributed by atoms with E-state index in [4.69, 9.17) is 5.26 Å². The van der Waals surface area contributed by atoms with Crippen LogP contribution in [-0.2, 0) is 7.05 Å². The molecule has 0 aromatic carbocycles. The second kappa shape index (κ2) is 6.02. The van der Waals surface area contributed by atoms with Crippen LogP contribution in [-0.4, -0.2) is 38.9 Å². The van der Waals surface area contributed by atoms with Gasteiger partial charge in [0.1, 0.15) is 17.7 Å². The number of nitrogens with one attached hydrogen (secondary N) is 1. The molecule has 1 N–H and O–H groups in total. The predicted octanol–water partition coefficient (Wildman–Crippen LogP) is 1.47. The van der Waals surface area contributed by atoms with Crippen LogP contribution < -0.4 is 10.2 Å². The standard InChI is InChI=1S/C15H19N7/c1-11-6-15(21(2)20-11)22-5-3-4-12(10-22)18-14-9-17-8-13(7-16)19-14/h6,8-9,12H,3-5,10H2,1-2H3,(H,18,19)/t12-/m1/s1.